The molecule has 2 N–H and O–H groups in total. The fourth-order valence-electron chi connectivity index (χ4n) is 2.31. The molecule has 0 bridgehead atoms. The summed E-state index contributed by atoms with van der Waals surface area (Å²) in [7, 11) is 0. The number of rotatable bonds is 3. The van der Waals surface area contributed by atoms with Gasteiger partial charge in [-0.25, -0.2) is 0 Å². The predicted octanol–water partition coefficient (Wildman–Crippen LogP) is 2.71. The molecule has 0 unspecified atom stereocenters. The average Bonchev–Trinajstić information content (AvgIpc) is 2.33. The Kier molecular flexibility index (Phi) is 4.93. The van der Waals surface area contributed by atoms with E-state index in [1.807, 2.05) is 18.2 Å². The minimum atomic E-state index is -4.11. The second-order valence-electron chi connectivity index (χ2n) is 5.01. The van der Waals surface area contributed by atoms with Gasteiger partial charge >= 0.3 is 6.18 Å². The lowest BCUT2D eigenvalue weighted by molar-refractivity contribution is -0.149. The molecule has 1 heterocycles. The first-order valence-corrected chi connectivity index (χ1v) is 7.18. The number of nitrogens with two attached hydrogens (primary N) is 1. The van der Waals surface area contributed by atoms with Crippen molar-refractivity contribution in [3.05, 3.63) is 28.2 Å². The van der Waals surface area contributed by atoms with Crippen molar-refractivity contribution in [1.29, 1.82) is 0 Å². The summed E-state index contributed by atoms with van der Waals surface area (Å²) < 4.78 is 37.8. The van der Waals surface area contributed by atoms with Gasteiger partial charge in [0.15, 0.2) is 0 Å². The molecule has 1 aromatic carbocycles. The number of piperazine rings is 1. The highest BCUT2D eigenvalue weighted by Crippen LogP contribution is 2.21. The molecule has 3 nitrogen and oxygen atoms in total. The Morgan fingerprint density at radius 3 is 2.25 bits per heavy atom. The summed E-state index contributed by atoms with van der Waals surface area (Å²) in [6.07, 6.45) is -4.11. The Balaban J connectivity index is 1.85. The van der Waals surface area contributed by atoms with Crippen molar-refractivity contribution in [1.82, 2.24) is 9.80 Å². The molecule has 0 amide bonds. The zero-order valence-electron chi connectivity index (χ0n) is 11.0. The van der Waals surface area contributed by atoms with Gasteiger partial charge in [0, 0.05) is 42.9 Å². The first-order chi connectivity index (χ1) is 9.33. The van der Waals surface area contributed by atoms with Gasteiger partial charge in [0.2, 0.25) is 0 Å². The number of nitrogens with zero attached hydrogens (tertiary/aromatic N) is 2. The summed E-state index contributed by atoms with van der Waals surface area (Å²) in [4.78, 5) is 3.58. The number of hydrogen-bond donors (Lipinski definition) is 1. The van der Waals surface area contributed by atoms with Crippen LogP contribution in [0, 0.1) is 0 Å². The largest absolute Gasteiger partial charge is 0.401 e. The van der Waals surface area contributed by atoms with Crippen LogP contribution in [0.4, 0.5) is 18.9 Å². The molecule has 0 aromatic heterocycles. The van der Waals surface area contributed by atoms with E-state index < -0.39 is 12.7 Å². The standard InChI is InChI=1S/C13H17BrF3N3/c14-11-2-1-10(12(18)7-11)8-19-3-5-20(6-4-19)9-13(15,16)17/h1-2,7H,3-6,8-9,18H2. The second-order valence-corrected chi connectivity index (χ2v) is 5.93. The van der Waals surface area contributed by atoms with Crippen molar-refractivity contribution in [2.75, 3.05) is 38.5 Å². The van der Waals surface area contributed by atoms with E-state index in [2.05, 4.69) is 20.8 Å². The van der Waals surface area contributed by atoms with Crippen LogP contribution in [-0.2, 0) is 6.54 Å². The molecule has 0 atom stereocenters. The minimum absolute atomic E-state index is 0.440. The highest BCUT2D eigenvalue weighted by atomic mass is 79.9. The third kappa shape index (κ3) is 4.64. The quantitative estimate of drug-likeness (QED) is 0.850. The number of anilines is 1. The van der Waals surface area contributed by atoms with Crippen LogP contribution in [0.25, 0.3) is 0 Å². The Morgan fingerprint density at radius 1 is 1.10 bits per heavy atom. The van der Waals surface area contributed by atoms with Crippen molar-refractivity contribution >= 4 is 21.6 Å². The smallest absolute Gasteiger partial charge is 0.398 e. The van der Waals surface area contributed by atoms with Crippen molar-refractivity contribution in [3.8, 4) is 0 Å². The van der Waals surface area contributed by atoms with Crippen molar-refractivity contribution in [2.45, 2.75) is 12.7 Å². The summed E-state index contributed by atoms with van der Waals surface area (Å²) in [5.74, 6) is 0. The first-order valence-electron chi connectivity index (χ1n) is 6.39. The van der Waals surface area contributed by atoms with Crippen molar-refractivity contribution in [3.63, 3.8) is 0 Å². The van der Waals surface area contributed by atoms with Crippen molar-refractivity contribution in [2.24, 2.45) is 0 Å². The molecule has 20 heavy (non-hydrogen) atoms. The van der Waals surface area contributed by atoms with Gasteiger partial charge in [-0.1, -0.05) is 22.0 Å². The van der Waals surface area contributed by atoms with Crippen LogP contribution >= 0.6 is 15.9 Å². The van der Waals surface area contributed by atoms with Crippen LogP contribution in [0.3, 0.4) is 0 Å². The van der Waals surface area contributed by atoms with Gasteiger partial charge in [0.25, 0.3) is 0 Å². The van der Waals surface area contributed by atoms with Gasteiger partial charge in [-0.05, 0) is 17.7 Å². The highest BCUT2D eigenvalue weighted by molar-refractivity contribution is 9.10. The van der Waals surface area contributed by atoms with E-state index in [9.17, 15) is 13.2 Å². The zero-order valence-corrected chi connectivity index (χ0v) is 12.5. The lowest BCUT2D eigenvalue weighted by Gasteiger charge is -2.35. The van der Waals surface area contributed by atoms with Crippen molar-refractivity contribution < 1.29 is 13.2 Å². The Hall–Kier alpha value is -0.790. The Bertz CT molecular complexity index is 457. The maximum atomic E-state index is 12.3. The van der Waals surface area contributed by atoms with Gasteiger partial charge in [-0.2, -0.15) is 13.2 Å². The molecule has 0 spiro atoms. The van der Waals surface area contributed by atoms with Gasteiger partial charge < -0.3 is 5.73 Å². The van der Waals surface area contributed by atoms with Gasteiger partial charge in [-0.3, -0.25) is 9.80 Å². The SMILES string of the molecule is Nc1cc(Br)ccc1CN1CCN(CC(F)(F)F)CC1. The molecule has 0 aliphatic carbocycles. The molecule has 1 aliphatic rings. The molecule has 1 aliphatic heterocycles. The van der Waals surface area contributed by atoms with E-state index in [-0.39, 0.29) is 0 Å². The van der Waals surface area contributed by atoms with Gasteiger partial charge in [-0.15, -0.1) is 0 Å². The molecule has 1 saturated heterocycles. The molecular weight excluding hydrogens is 335 g/mol. The van der Waals surface area contributed by atoms with Crippen LogP contribution < -0.4 is 5.73 Å². The first kappa shape index (κ1) is 15.6. The maximum Gasteiger partial charge on any atom is 0.401 e. The normalized spacial score (nSPS) is 18.4. The minimum Gasteiger partial charge on any atom is -0.398 e. The molecule has 0 saturated carbocycles. The monoisotopic (exact) mass is 351 g/mol. The summed E-state index contributed by atoms with van der Waals surface area (Å²) >= 11 is 3.35. The van der Waals surface area contributed by atoms with Crippen LogP contribution in [0.2, 0.25) is 0 Å². The molecule has 0 radical (unpaired) electrons. The summed E-state index contributed by atoms with van der Waals surface area (Å²) in [5, 5.41) is 0. The second kappa shape index (κ2) is 6.32. The lowest BCUT2D eigenvalue weighted by atomic mass is 10.1. The van der Waals surface area contributed by atoms with E-state index in [0.717, 1.165) is 10.0 Å². The van der Waals surface area contributed by atoms with E-state index >= 15 is 0 Å². The fraction of sp³-hybridized carbons (Fsp3) is 0.538. The molecule has 2 rings (SSSR count). The molecule has 1 aromatic rings. The van der Waals surface area contributed by atoms with Crippen LogP contribution in [-0.4, -0.2) is 48.7 Å². The summed E-state index contributed by atoms with van der Waals surface area (Å²) in [5.41, 5.74) is 7.65. The van der Waals surface area contributed by atoms with E-state index in [1.165, 1.54) is 4.90 Å². The summed E-state index contributed by atoms with van der Waals surface area (Å²) in [6.45, 7) is 2.00. The highest BCUT2D eigenvalue weighted by Gasteiger charge is 2.32. The summed E-state index contributed by atoms with van der Waals surface area (Å²) in [6, 6.07) is 5.71. The van der Waals surface area contributed by atoms with Gasteiger partial charge in [0.05, 0.1) is 6.54 Å². The fourth-order valence-corrected chi connectivity index (χ4v) is 2.69. The van der Waals surface area contributed by atoms with E-state index in [1.54, 1.807) is 0 Å². The topological polar surface area (TPSA) is 32.5 Å². The van der Waals surface area contributed by atoms with Crippen LogP contribution in [0.15, 0.2) is 22.7 Å². The van der Waals surface area contributed by atoms with Crippen LogP contribution in [0.5, 0.6) is 0 Å². The zero-order chi connectivity index (χ0) is 14.8. The van der Waals surface area contributed by atoms with E-state index in [0.29, 0.717) is 38.4 Å². The third-order valence-corrected chi connectivity index (χ3v) is 3.86. The maximum absolute atomic E-state index is 12.3. The van der Waals surface area contributed by atoms with Gasteiger partial charge in [0.1, 0.15) is 0 Å². The number of halogens is 4. The molecule has 1 fully saturated rings. The number of nitrogen functional groups attached to an aromatic ring is 1. The Labute approximate surface area is 124 Å². The number of benzene rings is 1. The van der Waals surface area contributed by atoms with Crippen LogP contribution in [0.1, 0.15) is 5.56 Å². The lowest BCUT2D eigenvalue weighted by Crippen LogP contribution is -2.48. The Morgan fingerprint density at radius 2 is 1.70 bits per heavy atom. The molecular formula is C13H17BrF3N3. The average molecular weight is 352 g/mol. The number of hydrogen-bond acceptors (Lipinski definition) is 3. The number of alkyl halides is 3. The molecule has 112 valence electrons. The predicted molar refractivity (Wildman–Crippen MR) is 76.3 cm³/mol. The molecule has 7 heteroatoms. The third-order valence-electron chi connectivity index (χ3n) is 3.37. The van der Waals surface area contributed by atoms with E-state index in [4.69, 9.17) is 5.73 Å².